The van der Waals surface area contributed by atoms with Gasteiger partial charge in [-0.3, -0.25) is 0 Å². The molecule has 1 aliphatic carbocycles. The van der Waals surface area contributed by atoms with Gasteiger partial charge in [0.2, 0.25) is 0 Å². The molecule has 0 spiro atoms. The summed E-state index contributed by atoms with van der Waals surface area (Å²) in [7, 11) is 0. The molecular formula is C12H22N2. The Morgan fingerprint density at radius 3 is 2.71 bits per heavy atom. The van der Waals surface area contributed by atoms with Crippen LogP contribution in [0.1, 0.15) is 38.5 Å². The zero-order chi connectivity index (χ0) is 9.38. The van der Waals surface area contributed by atoms with Crippen LogP contribution in [0, 0.1) is 11.8 Å². The van der Waals surface area contributed by atoms with Gasteiger partial charge in [-0.2, -0.15) is 0 Å². The molecule has 0 amide bonds. The Balaban J connectivity index is 1.32. The first-order chi connectivity index (χ1) is 6.92. The summed E-state index contributed by atoms with van der Waals surface area (Å²) in [6, 6.07) is 1.73. The molecule has 2 bridgehead atoms. The van der Waals surface area contributed by atoms with Gasteiger partial charge in [-0.05, 0) is 50.6 Å². The molecule has 80 valence electrons. The second-order valence-corrected chi connectivity index (χ2v) is 5.48. The SMILES string of the molecule is C(CC1CC1)NCC1CC2CCC1N2. The quantitative estimate of drug-likeness (QED) is 0.648. The highest BCUT2D eigenvalue weighted by Gasteiger charge is 2.38. The Morgan fingerprint density at radius 1 is 1.14 bits per heavy atom. The van der Waals surface area contributed by atoms with E-state index < -0.39 is 0 Å². The second kappa shape index (κ2) is 3.82. The molecule has 0 aromatic heterocycles. The summed E-state index contributed by atoms with van der Waals surface area (Å²) >= 11 is 0. The first-order valence-corrected chi connectivity index (χ1v) is 6.38. The minimum atomic E-state index is 0.855. The van der Waals surface area contributed by atoms with Gasteiger partial charge in [0.15, 0.2) is 0 Å². The molecule has 0 radical (unpaired) electrons. The van der Waals surface area contributed by atoms with E-state index in [4.69, 9.17) is 0 Å². The van der Waals surface area contributed by atoms with E-state index in [0.717, 1.165) is 23.9 Å². The minimum absolute atomic E-state index is 0.855. The molecular weight excluding hydrogens is 172 g/mol. The van der Waals surface area contributed by atoms with E-state index in [1.165, 1.54) is 51.6 Å². The lowest BCUT2D eigenvalue weighted by Gasteiger charge is -2.20. The largest absolute Gasteiger partial charge is 0.316 e. The first kappa shape index (κ1) is 9.17. The summed E-state index contributed by atoms with van der Waals surface area (Å²) in [4.78, 5) is 0. The van der Waals surface area contributed by atoms with Crippen molar-refractivity contribution in [2.45, 2.75) is 50.6 Å². The smallest absolute Gasteiger partial charge is 0.0111 e. The van der Waals surface area contributed by atoms with Crippen molar-refractivity contribution in [1.29, 1.82) is 0 Å². The third kappa shape index (κ3) is 1.96. The zero-order valence-corrected chi connectivity index (χ0v) is 8.97. The van der Waals surface area contributed by atoms with E-state index in [1.807, 2.05) is 0 Å². The fourth-order valence-corrected chi connectivity index (χ4v) is 3.16. The standard InChI is InChI=1S/C12H22N2/c1-2-9(1)5-6-13-8-10-7-11-3-4-12(10)14-11/h9-14H,1-8H2. The van der Waals surface area contributed by atoms with Crippen molar-refractivity contribution in [2.75, 3.05) is 13.1 Å². The average Bonchev–Trinajstić information content (AvgIpc) is 2.79. The van der Waals surface area contributed by atoms with Gasteiger partial charge in [-0.25, -0.2) is 0 Å². The summed E-state index contributed by atoms with van der Waals surface area (Å²) in [6.07, 6.45) is 8.72. The second-order valence-electron chi connectivity index (χ2n) is 5.48. The molecule has 14 heavy (non-hydrogen) atoms. The van der Waals surface area contributed by atoms with Gasteiger partial charge >= 0.3 is 0 Å². The number of hydrogen-bond acceptors (Lipinski definition) is 2. The van der Waals surface area contributed by atoms with Crippen LogP contribution in [-0.4, -0.2) is 25.2 Å². The highest BCUT2D eigenvalue weighted by Crippen LogP contribution is 2.33. The lowest BCUT2D eigenvalue weighted by Crippen LogP contribution is -2.32. The summed E-state index contributed by atoms with van der Waals surface area (Å²) in [5, 5.41) is 7.34. The monoisotopic (exact) mass is 194 g/mol. The van der Waals surface area contributed by atoms with E-state index in [2.05, 4.69) is 10.6 Å². The molecule has 2 heterocycles. The third-order valence-electron chi connectivity index (χ3n) is 4.27. The van der Waals surface area contributed by atoms with Gasteiger partial charge in [0.1, 0.15) is 0 Å². The van der Waals surface area contributed by atoms with E-state index in [9.17, 15) is 0 Å². The van der Waals surface area contributed by atoms with Crippen molar-refractivity contribution in [3.63, 3.8) is 0 Å². The van der Waals surface area contributed by atoms with Gasteiger partial charge in [0, 0.05) is 12.1 Å². The van der Waals surface area contributed by atoms with Gasteiger partial charge < -0.3 is 10.6 Å². The molecule has 2 N–H and O–H groups in total. The van der Waals surface area contributed by atoms with Crippen LogP contribution in [0.15, 0.2) is 0 Å². The van der Waals surface area contributed by atoms with E-state index >= 15 is 0 Å². The molecule has 2 nitrogen and oxygen atoms in total. The number of fused-ring (bicyclic) bond motifs is 2. The normalized spacial score (nSPS) is 40.7. The Kier molecular flexibility index (Phi) is 2.50. The molecule has 0 aromatic rings. The van der Waals surface area contributed by atoms with Crippen molar-refractivity contribution in [3.05, 3.63) is 0 Å². The molecule has 3 fully saturated rings. The highest BCUT2D eigenvalue weighted by molar-refractivity contribution is 4.97. The maximum atomic E-state index is 3.70. The fraction of sp³-hybridized carbons (Fsp3) is 1.00. The van der Waals surface area contributed by atoms with Crippen LogP contribution in [0.25, 0.3) is 0 Å². The zero-order valence-electron chi connectivity index (χ0n) is 8.97. The lowest BCUT2D eigenvalue weighted by atomic mass is 9.89. The minimum Gasteiger partial charge on any atom is -0.316 e. The van der Waals surface area contributed by atoms with Crippen LogP contribution < -0.4 is 10.6 Å². The molecule has 3 atom stereocenters. The van der Waals surface area contributed by atoms with Crippen molar-refractivity contribution in [2.24, 2.45) is 11.8 Å². The Morgan fingerprint density at radius 2 is 2.07 bits per heavy atom. The molecule has 3 aliphatic rings. The molecule has 0 aromatic carbocycles. The summed E-state index contributed by atoms with van der Waals surface area (Å²) < 4.78 is 0. The Bertz CT molecular complexity index is 200. The molecule has 2 heteroatoms. The lowest BCUT2D eigenvalue weighted by molar-refractivity contribution is 0.381. The van der Waals surface area contributed by atoms with Crippen LogP contribution in [0.2, 0.25) is 0 Å². The van der Waals surface area contributed by atoms with Gasteiger partial charge in [-0.1, -0.05) is 12.8 Å². The van der Waals surface area contributed by atoms with Gasteiger partial charge in [-0.15, -0.1) is 0 Å². The van der Waals surface area contributed by atoms with E-state index in [-0.39, 0.29) is 0 Å². The predicted molar refractivity (Wildman–Crippen MR) is 58.3 cm³/mol. The molecule has 2 aliphatic heterocycles. The highest BCUT2D eigenvalue weighted by atomic mass is 15.0. The maximum absolute atomic E-state index is 3.70. The van der Waals surface area contributed by atoms with Crippen LogP contribution in [0.4, 0.5) is 0 Å². The number of rotatable bonds is 5. The Hall–Kier alpha value is -0.0800. The van der Waals surface area contributed by atoms with Crippen molar-refractivity contribution in [1.82, 2.24) is 10.6 Å². The number of hydrogen-bond donors (Lipinski definition) is 2. The average molecular weight is 194 g/mol. The predicted octanol–water partition coefficient (Wildman–Crippen LogP) is 1.52. The van der Waals surface area contributed by atoms with Crippen molar-refractivity contribution < 1.29 is 0 Å². The maximum Gasteiger partial charge on any atom is 0.0111 e. The number of nitrogens with one attached hydrogen (secondary N) is 2. The van der Waals surface area contributed by atoms with Gasteiger partial charge in [0.25, 0.3) is 0 Å². The van der Waals surface area contributed by atoms with Crippen LogP contribution in [0.5, 0.6) is 0 Å². The topological polar surface area (TPSA) is 24.1 Å². The van der Waals surface area contributed by atoms with Gasteiger partial charge in [0.05, 0.1) is 0 Å². The summed E-state index contributed by atoms with van der Waals surface area (Å²) in [6.45, 7) is 2.53. The van der Waals surface area contributed by atoms with Crippen LogP contribution >= 0.6 is 0 Å². The van der Waals surface area contributed by atoms with Crippen LogP contribution in [-0.2, 0) is 0 Å². The molecule has 1 saturated carbocycles. The third-order valence-corrected chi connectivity index (χ3v) is 4.27. The van der Waals surface area contributed by atoms with E-state index in [1.54, 1.807) is 0 Å². The first-order valence-electron chi connectivity index (χ1n) is 6.38. The Labute approximate surface area is 86.8 Å². The molecule has 2 saturated heterocycles. The molecule has 3 rings (SSSR count). The van der Waals surface area contributed by atoms with Crippen LogP contribution in [0.3, 0.4) is 0 Å². The van der Waals surface area contributed by atoms with Crippen molar-refractivity contribution >= 4 is 0 Å². The summed E-state index contributed by atoms with van der Waals surface area (Å²) in [5.41, 5.74) is 0. The fourth-order valence-electron chi connectivity index (χ4n) is 3.16. The summed E-state index contributed by atoms with van der Waals surface area (Å²) in [5.74, 6) is 2.02. The van der Waals surface area contributed by atoms with Crippen molar-refractivity contribution in [3.8, 4) is 0 Å². The molecule has 3 unspecified atom stereocenters. The van der Waals surface area contributed by atoms with E-state index in [0.29, 0.717) is 0 Å².